The van der Waals surface area contributed by atoms with E-state index in [1.54, 1.807) is 42.3 Å². The molecule has 1 atom stereocenters. The number of carbonyl (C=O) groups excluding carboxylic acids is 2. The van der Waals surface area contributed by atoms with E-state index in [2.05, 4.69) is 5.32 Å². The molecule has 4 aromatic rings. The fraction of sp³-hybridized carbons (Fsp3) is 0.226. The van der Waals surface area contributed by atoms with Gasteiger partial charge in [-0.15, -0.1) is 0 Å². The van der Waals surface area contributed by atoms with Gasteiger partial charge in [0.15, 0.2) is 0 Å². The second kappa shape index (κ2) is 11.7. The fourth-order valence-corrected chi connectivity index (χ4v) is 7.10. The third kappa shape index (κ3) is 5.55. The van der Waals surface area contributed by atoms with Gasteiger partial charge in [0, 0.05) is 43.4 Å². The maximum Gasteiger partial charge on any atom is 0.265 e. The van der Waals surface area contributed by atoms with Gasteiger partial charge >= 0.3 is 0 Å². The minimum absolute atomic E-state index is 0.0776. The first kappa shape index (κ1) is 27.7. The molecule has 1 N–H and O–H groups in total. The van der Waals surface area contributed by atoms with Gasteiger partial charge in [-0.1, -0.05) is 78.3 Å². The molecule has 1 aliphatic rings. The van der Waals surface area contributed by atoms with Crippen LogP contribution in [0.4, 0.5) is 5.69 Å². The van der Waals surface area contributed by atoms with E-state index in [0.29, 0.717) is 33.8 Å². The number of carbonyl (C=O) groups is 2. The minimum Gasteiger partial charge on any atom is -0.357 e. The molecular weight excluding hydrogens is 546 g/mol. The van der Waals surface area contributed by atoms with Gasteiger partial charge in [-0.25, -0.2) is 8.42 Å². The average molecular weight is 576 g/mol. The lowest BCUT2D eigenvalue weighted by atomic mass is 10.0. The van der Waals surface area contributed by atoms with Crippen molar-refractivity contribution in [3.63, 3.8) is 0 Å². The molecule has 0 bridgehead atoms. The summed E-state index contributed by atoms with van der Waals surface area (Å²) in [5.41, 5.74) is 2.40. The Morgan fingerprint density at radius 1 is 0.900 bits per heavy atom. The highest BCUT2D eigenvalue weighted by Crippen LogP contribution is 2.42. The number of halogens is 1. The Morgan fingerprint density at radius 2 is 1.60 bits per heavy atom. The van der Waals surface area contributed by atoms with Crippen LogP contribution in [0.1, 0.15) is 24.0 Å². The summed E-state index contributed by atoms with van der Waals surface area (Å²) in [6, 6.07) is 26.8. The quantitative estimate of drug-likeness (QED) is 0.283. The Labute approximate surface area is 239 Å². The van der Waals surface area contributed by atoms with Crippen LogP contribution in [0.2, 0.25) is 5.02 Å². The highest BCUT2D eigenvalue weighted by atomic mass is 35.5. The van der Waals surface area contributed by atoms with Crippen molar-refractivity contribution in [2.75, 3.05) is 17.9 Å². The van der Waals surface area contributed by atoms with Gasteiger partial charge in [0.1, 0.15) is 6.04 Å². The summed E-state index contributed by atoms with van der Waals surface area (Å²) in [6.45, 7) is 0.369. The van der Waals surface area contributed by atoms with E-state index in [1.807, 2.05) is 60.7 Å². The predicted molar refractivity (Wildman–Crippen MR) is 158 cm³/mol. The number of nitrogens with one attached hydrogen (secondary N) is 1. The van der Waals surface area contributed by atoms with Gasteiger partial charge in [-0.2, -0.15) is 0 Å². The van der Waals surface area contributed by atoms with Crippen LogP contribution >= 0.6 is 11.6 Å². The number of nitrogens with zero attached hydrogens (tertiary/aromatic N) is 2. The molecule has 0 saturated heterocycles. The van der Waals surface area contributed by atoms with E-state index in [0.717, 1.165) is 16.5 Å². The van der Waals surface area contributed by atoms with E-state index < -0.39 is 16.1 Å². The summed E-state index contributed by atoms with van der Waals surface area (Å²) in [6.07, 6.45) is 0.719. The van der Waals surface area contributed by atoms with Crippen LogP contribution in [-0.4, -0.2) is 44.8 Å². The van der Waals surface area contributed by atoms with E-state index in [1.165, 1.54) is 4.31 Å². The molecule has 0 unspecified atom stereocenters. The van der Waals surface area contributed by atoms with Gasteiger partial charge in [-0.3, -0.25) is 13.9 Å². The Bertz CT molecular complexity index is 1640. The van der Waals surface area contributed by atoms with Gasteiger partial charge in [0.25, 0.3) is 10.0 Å². The monoisotopic (exact) mass is 575 g/mol. The van der Waals surface area contributed by atoms with Crippen LogP contribution in [0, 0.1) is 0 Å². The number of likely N-dealkylation sites (N-methyl/N-ethyl adjacent to an activating group) is 1. The van der Waals surface area contributed by atoms with Crippen molar-refractivity contribution in [1.29, 1.82) is 0 Å². The first-order valence-electron chi connectivity index (χ1n) is 13.1. The number of benzene rings is 4. The Kier molecular flexibility index (Phi) is 8.09. The first-order chi connectivity index (χ1) is 19.3. The summed E-state index contributed by atoms with van der Waals surface area (Å²) in [5.74, 6) is -0.498. The third-order valence-corrected chi connectivity index (χ3v) is 9.32. The molecular formula is C31H30ClN3O4S. The first-order valence-corrected chi connectivity index (χ1v) is 15.0. The number of amides is 2. The van der Waals surface area contributed by atoms with Gasteiger partial charge in [0.05, 0.1) is 10.6 Å². The molecule has 0 fully saturated rings. The van der Waals surface area contributed by atoms with Gasteiger partial charge < -0.3 is 10.2 Å². The topological polar surface area (TPSA) is 86.8 Å². The van der Waals surface area contributed by atoms with E-state index in [-0.39, 0.29) is 31.3 Å². The summed E-state index contributed by atoms with van der Waals surface area (Å²) in [5, 5.41) is 4.86. The fourth-order valence-electron chi connectivity index (χ4n) is 5.22. The lowest BCUT2D eigenvalue weighted by Crippen LogP contribution is -2.49. The van der Waals surface area contributed by atoms with E-state index >= 15 is 0 Å². The Balaban J connectivity index is 1.37. The number of anilines is 1. The molecule has 1 aliphatic heterocycles. The van der Waals surface area contributed by atoms with Crippen LogP contribution in [-0.2, 0) is 32.6 Å². The standard InChI is InChI=1S/C31H30ClN3O4S/c1-33-31(37)27(20-22-8-3-2-4-9-22)34(21-23-15-17-25(32)18-16-23)29(36)14-7-19-35-26-12-5-10-24-11-6-13-28(30(24)26)40(35,38)39/h2-6,8-13,15-18,27H,7,14,19-21H2,1H3,(H,33,37)/t27-/m0/s1. The normalized spacial score (nSPS) is 14.2. The number of rotatable bonds is 10. The zero-order chi connectivity index (χ0) is 28.3. The molecule has 4 aromatic carbocycles. The molecule has 1 heterocycles. The van der Waals surface area contributed by atoms with Gasteiger partial charge in [0.2, 0.25) is 11.8 Å². The Morgan fingerprint density at radius 3 is 2.30 bits per heavy atom. The highest BCUT2D eigenvalue weighted by Gasteiger charge is 2.35. The lowest BCUT2D eigenvalue weighted by Gasteiger charge is -2.31. The summed E-state index contributed by atoms with van der Waals surface area (Å²) in [7, 11) is -2.15. The molecule has 9 heteroatoms. The SMILES string of the molecule is CNC(=O)[C@H](Cc1ccccc1)N(Cc1ccc(Cl)cc1)C(=O)CCCN1c2cccc3cccc(c23)S1(=O)=O. The van der Waals surface area contributed by atoms with Crippen molar-refractivity contribution in [2.24, 2.45) is 0 Å². The van der Waals surface area contributed by atoms with E-state index in [4.69, 9.17) is 11.6 Å². The largest absolute Gasteiger partial charge is 0.357 e. The second-order valence-corrected chi connectivity index (χ2v) is 12.0. The maximum absolute atomic E-state index is 13.8. The lowest BCUT2D eigenvalue weighted by molar-refractivity contribution is -0.141. The molecule has 0 aliphatic carbocycles. The third-order valence-electron chi connectivity index (χ3n) is 7.22. The molecule has 0 spiro atoms. The van der Waals surface area contributed by atoms with E-state index in [9.17, 15) is 18.0 Å². The van der Waals surface area contributed by atoms with Crippen LogP contribution in [0.15, 0.2) is 95.9 Å². The zero-order valence-corrected chi connectivity index (χ0v) is 23.7. The van der Waals surface area contributed by atoms with Crippen LogP contribution in [0.25, 0.3) is 10.8 Å². The van der Waals surface area contributed by atoms with Crippen molar-refractivity contribution in [3.8, 4) is 0 Å². The van der Waals surface area contributed by atoms with Crippen molar-refractivity contribution >= 4 is 49.9 Å². The van der Waals surface area contributed by atoms with Crippen LogP contribution < -0.4 is 9.62 Å². The van der Waals surface area contributed by atoms with Crippen molar-refractivity contribution in [2.45, 2.75) is 36.7 Å². The minimum atomic E-state index is -3.71. The Hall–Kier alpha value is -3.88. The second-order valence-electron chi connectivity index (χ2n) is 9.78. The predicted octanol–water partition coefficient (Wildman–Crippen LogP) is 5.17. The highest BCUT2D eigenvalue weighted by molar-refractivity contribution is 7.93. The van der Waals surface area contributed by atoms with Gasteiger partial charge in [-0.05, 0) is 47.2 Å². The average Bonchev–Trinajstić information content (AvgIpc) is 3.19. The van der Waals surface area contributed by atoms with Crippen molar-refractivity contribution in [3.05, 3.63) is 107 Å². The summed E-state index contributed by atoms with van der Waals surface area (Å²) in [4.78, 5) is 28.7. The summed E-state index contributed by atoms with van der Waals surface area (Å²) < 4.78 is 28.1. The summed E-state index contributed by atoms with van der Waals surface area (Å²) >= 11 is 6.07. The number of sulfonamides is 1. The zero-order valence-electron chi connectivity index (χ0n) is 22.1. The van der Waals surface area contributed by atoms with Crippen LogP contribution in [0.5, 0.6) is 0 Å². The maximum atomic E-state index is 13.8. The molecule has 0 saturated carbocycles. The molecule has 0 radical (unpaired) electrons. The molecule has 206 valence electrons. The molecule has 2 amide bonds. The van der Waals surface area contributed by atoms with Crippen molar-refractivity contribution in [1.82, 2.24) is 10.2 Å². The number of hydrogen-bond acceptors (Lipinski definition) is 4. The molecule has 0 aromatic heterocycles. The van der Waals surface area contributed by atoms with Crippen LogP contribution in [0.3, 0.4) is 0 Å². The van der Waals surface area contributed by atoms with Crippen molar-refractivity contribution < 1.29 is 18.0 Å². The molecule has 40 heavy (non-hydrogen) atoms. The smallest absolute Gasteiger partial charge is 0.265 e. The molecule has 5 rings (SSSR count). The number of hydrogen-bond donors (Lipinski definition) is 1. The molecule has 7 nitrogen and oxygen atoms in total.